The molecule has 2 nitrogen and oxygen atoms in total. The van der Waals surface area contributed by atoms with E-state index in [1.165, 1.54) is 18.4 Å². The van der Waals surface area contributed by atoms with E-state index in [0.29, 0.717) is 5.92 Å². The van der Waals surface area contributed by atoms with Crippen LogP contribution < -0.4 is 5.32 Å². The Hall–Kier alpha value is -1.31. The highest BCUT2D eigenvalue weighted by atomic mass is 16.1. The van der Waals surface area contributed by atoms with Gasteiger partial charge in [-0.3, -0.25) is 4.79 Å². The van der Waals surface area contributed by atoms with Crippen molar-refractivity contribution in [3.63, 3.8) is 0 Å². The second kappa shape index (κ2) is 3.21. The molecule has 1 aromatic rings. The number of hydrogen-bond acceptors (Lipinski definition) is 1. The molecule has 0 radical (unpaired) electrons. The van der Waals surface area contributed by atoms with Gasteiger partial charge >= 0.3 is 0 Å². The molecule has 0 unspecified atom stereocenters. The first-order valence-corrected chi connectivity index (χ1v) is 4.64. The summed E-state index contributed by atoms with van der Waals surface area (Å²) in [5, 5.41) is 2.67. The molecular formula is C11H13NO. The van der Waals surface area contributed by atoms with Crippen LogP contribution in [0, 0.1) is 0 Å². The standard InChI is InChI=1S/C11H13NO/c1-12-11(13)10-5-3-2-4-9(10)8-6-7-8/h2-5,8H,6-7H2,1H3,(H,12,13). The zero-order valence-electron chi connectivity index (χ0n) is 7.71. The number of carbonyl (C=O) groups is 1. The highest BCUT2D eigenvalue weighted by molar-refractivity contribution is 5.95. The molecule has 0 saturated heterocycles. The lowest BCUT2D eigenvalue weighted by Crippen LogP contribution is -2.19. The Morgan fingerprint density at radius 1 is 1.38 bits per heavy atom. The lowest BCUT2D eigenvalue weighted by Gasteiger charge is -2.05. The van der Waals surface area contributed by atoms with Gasteiger partial charge in [-0.25, -0.2) is 0 Å². The molecule has 0 spiro atoms. The molecule has 1 fully saturated rings. The second-order valence-electron chi connectivity index (χ2n) is 3.44. The fourth-order valence-corrected chi connectivity index (χ4v) is 1.59. The minimum Gasteiger partial charge on any atom is -0.355 e. The molecule has 0 bridgehead atoms. The Labute approximate surface area is 78.0 Å². The van der Waals surface area contributed by atoms with Gasteiger partial charge in [0.2, 0.25) is 0 Å². The maximum Gasteiger partial charge on any atom is 0.251 e. The topological polar surface area (TPSA) is 29.1 Å². The number of rotatable bonds is 2. The van der Waals surface area contributed by atoms with E-state index in [-0.39, 0.29) is 5.91 Å². The van der Waals surface area contributed by atoms with Crippen LogP contribution in [-0.2, 0) is 0 Å². The molecule has 0 aliphatic heterocycles. The first kappa shape index (κ1) is 8.30. The molecule has 1 aromatic carbocycles. The van der Waals surface area contributed by atoms with Crippen LogP contribution in [0.1, 0.15) is 34.7 Å². The number of amides is 1. The summed E-state index contributed by atoms with van der Waals surface area (Å²) in [4.78, 5) is 11.5. The van der Waals surface area contributed by atoms with Crippen LogP contribution in [0.5, 0.6) is 0 Å². The van der Waals surface area contributed by atoms with Crippen LogP contribution in [0.15, 0.2) is 24.3 Å². The van der Waals surface area contributed by atoms with Crippen molar-refractivity contribution < 1.29 is 4.79 Å². The van der Waals surface area contributed by atoms with Crippen molar-refractivity contribution in [3.05, 3.63) is 35.4 Å². The molecule has 1 saturated carbocycles. The summed E-state index contributed by atoms with van der Waals surface area (Å²) in [5.74, 6) is 0.663. The first-order chi connectivity index (χ1) is 6.33. The lowest BCUT2D eigenvalue weighted by molar-refractivity contribution is 0.0962. The van der Waals surface area contributed by atoms with E-state index in [9.17, 15) is 4.79 Å². The minimum atomic E-state index is 0.0301. The molecule has 0 atom stereocenters. The Kier molecular flexibility index (Phi) is 2.05. The van der Waals surface area contributed by atoms with Gasteiger partial charge in [0.25, 0.3) is 5.91 Å². The number of nitrogens with one attached hydrogen (secondary N) is 1. The van der Waals surface area contributed by atoms with E-state index in [2.05, 4.69) is 11.4 Å². The zero-order valence-corrected chi connectivity index (χ0v) is 7.71. The number of hydrogen-bond donors (Lipinski definition) is 1. The summed E-state index contributed by atoms with van der Waals surface area (Å²) in [6, 6.07) is 7.87. The number of carbonyl (C=O) groups excluding carboxylic acids is 1. The smallest absolute Gasteiger partial charge is 0.251 e. The summed E-state index contributed by atoms with van der Waals surface area (Å²) in [6.45, 7) is 0. The van der Waals surface area contributed by atoms with Gasteiger partial charge in [-0.15, -0.1) is 0 Å². The van der Waals surface area contributed by atoms with Gasteiger partial charge in [-0.2, -0.15) is 0 Å². The summed E-state index contributed by atoms with van der Waals surface area (Å²) < 4.78 is 0. The van der Waals surface area contributed by atoms with Gasteiger partial charge < -0.3 is 5.32 Å². The third-order valence-electron chi connectivity index (χ3n) is 2.45. The summed E-state index contributed by atoms with van der Waals surface area (Å²) in [7, 11) is 1.67. The van der Waals surface area contributed by atoms with Gasteiger partial charge in [0, 0.05) is 12.6 Å². The van der Waals surface area contributed by atoms with Gasteiger partial charge in [0.15, 0.2) is 0 Å². The van der Waals surface area contributed by atoms with Crippen molar-refractivity contribution in [2.45, 2.75) is 18.8 Å². The zero-order chi connectivity index (χ0) is 9.26. The third-order valence-corrected chi connectivity index (χ3v) is 2.45. The molecule has 1 N–H and O–H groups in total. The van der Waals surface area contributed by atoms with Crippen LogP contribution in [-0.4, -0.2) is 13.0 Å². The fraction of sp³-hybridized carbons (Fsp3) is 0.364. The highest BCUT2D eigenvalue weighted by Gasteiger charge is 2.27. The predicted molar refractivity (Wildman–Crippen MR) is 51.8 cm³/mol. The van der Waals surface area contributed by atoms with E-state index >= 15 is 0 Å². The molecule has 2 rings (SSSR count). The third kappa shape index (κ3) is 1.57. The average Bonchev–Trinajstić information content (AvgIpc) is 3.00. The molecule has 1 amide bonds. The van der Waals surface area contributed by atoms with Crippen LogP contribution in [0.4, 0.5) is 0 Å². The van der Waals surface area contributed by atoms with E-state index in [4.69, 9.17) is 0 Å². The Morgan fingerprint density at radius 3 is 2.69 bits per heavy atom. The van der Waals surface area contributed by atoms with Crippen molar-refractivity contribution in [1.82, 2.24) is 5.32 Å². The van der Waals surface area contributed by atoms with Crippen molar-refractivity contribution in [2.24, 2.45) is 0 Å². The van der Waals surface area contributed by atoms with Crippen molar-refractivity contribution in [3.8, 4) is 0 Å². The lowest BCUT2D eigenvalue weighted by atomic mass is 10.0. The van der Waals surface area contributed by atoms with E-state index in [0.717, 1.165) is 5.56 Å². The van der Waals surface area contributed by atoms with Crippen LogP contribution in [0.25, 0.3) is 0 Å². The van der Waals surface area contributed by atoms with E-state index in [1.54, 1.807) is 7.05 Å². The minimum absolute atomic E-state index is 0.0301. The van der Waals surface area contributed by atoms with Crippen LogP contribution in [0.3, 0.4) is 0 Å². The van der Waals surface area contributed by atoms with E-state index < -0.39 is 0 Å². The normalized spacial score (nSPS) is 15.5. The molecule has 0 aromatic heterocycles. The Balaban J connectivity index is 2.36. The molecule has 1 aliphatic rings. The largest absolute Gasteiger partial charge is 0.355 e. The Bertz CT molecular complexity index is 329. The maximum atomic E-state index is 11.5. The molecule has 68 valence electrons. The fourth-order valence-electron chi connectivity index (χ4n) is 1.59. The van der Waals surface area contributed by atoms with Crippen molar-refractivity contribution in [2.75, 3.05) is 7.05 Å². The summed E-state index contributed by atoms with van der Waals surface area (Å²) in [6.07, 6.45) is 2.46. The summed E-state index contributed by atoms with van der Waals surface area (Å²) in [5.41, 5.74) is 2.05. The molecular weight excluding hydrogens is 162 g/mol. The molecule has 2 heteroatoms. The van der Waals surface area contributed by atoms with Crippen molar-refractivity contribution in [1.29, 1.82) is 0 Å². The van der Waals surface area contributed by atoms with Gasteiger partial charge in [-0.1, -0.05) is 18.2 Å². The SMILES string of the molecule is CNC(=O)c1ccccc1C1CC1. The predicted octanol–water partition coefficient (Wildman–Crippen LogP) is 1.92. The highest BCUT2D eigenvalue weighted by Crippen LogP contribution is 2.41. The number of benzene rings is 1. The molecule has 13 heavy (non-hydrogen) atoms. The maximum absolute atomic E-state index is 11.5. The quantitative estimate of drug-likeness (QED) is 0.731. The Morgan fingerprint density at radius 2 is 2.08 bits per heavy atom. The monoisotopic (exact) mass is 175 g/mol. The van der Waals surface area contributed by atoms with Gasteiger partial charge in [0.1, 0.15) is 0 Å². The first-order valence-electron chi connectivity index (χ1n) is 4.64. The average molecular weight is 175 g/mol. The van der Waals surface area contributed by atoms with Gasteiger partial charge in [0.05, 0.1) is 0 Å². The molecule has 1 aliphatic carbocycles. The molecule has 0 heterocycles. The second-order valence-corrected chi connectivity index (χ2v) is 3.44. The van der Waals surface area contributed by atoms with E-state index in [1.807, 2.05) is 18.2 Å². The van der Waals surface area contributed by atoms with Crippen LogP contribution >= 0.6 is 0 Å². The van der Waals surface area contributed by atoms with Crippen molar-refractivity contribution >= 4 is 5.91 Å². The van der Waals surface area contributed by atoms with Gasteiger partial charge in [-0.05, 0) is 30.4 Å². The van der Waals surface area contributed by atoms with Crippen LogP contribution in [0.2, 0.25) is 0 Å². The summed E-state index contributed by atoms with van der Waals surface area (Å²) >= 11 is 0.